The zero-order valence-corrected chi connectivity index (χ0v) is 18.0. The second kappa shape index (κ2) is 9.73. The third-order valence-corrected chi connectivity index (χ3v) is 6.14. The normalized spacial score (nSPS) is 10.4. The Morgan fingerprint density at radius 2 is 1.79 bits per heavy atom. The van der Waals surface area contributed by atoms with E-state index >= 15 is 0 Å². The van der Waals surface area contributed by atoms with Crippen LogP contribution in [0.5, 0.6) is 0 Å². The lowest BCUT2D eigenvalue weighted by atomic mass is 10.1. The van der Waals surface area contributed by atoms with Gasteiger partial charge in [0.05, 0.1) is 5.75 Å². The number of aryl methyl sites for hydroxylation is 2. The van der Waals surface area contributed by atoms with Gasteiger partial charge in [0, 0.05) is 16.3 Å². The fraction of sp³-hybridized carbons (Fsp3) is 0.158. The highest BCUT2D eigenvalue weighted by Gasteiger charge is 2.10. The van der Waals surface area contributed by atoms with Crippen molar-refractivity contribution in [1.82, 2.24) is 21.0 Å². The number of carbonyl (C=O) groups is 2. The number of nitrogens with zero attached hydrogens (tertiary/aromatic N) is 2. The van der Waals surface area contributed by atoms with Gasteiger partial charge in [-0.25, -0.2) is 0 Å². The Labute approximate surface area is 181 Å². The van der Waals surface area contributed by atoms with Crippen molar-refractivity contribution in [2.24, 2.45) is 0 Å². The third kappa shape index (κ3) is 6.18. The van der Waals surface area contributed by atoms with Gasteiger partial charge in [0.1, 0.15) is 0 Å². The van der Waals surface area contributed by atoms with Crippen LogP contribution in [0.3, 0.4) is 0 Å². The summed E-state index contributed by atoms with van der Waals surface area (Å²) in [5.41, 5.74) is 8.47. The Kier molecular flexibility index (Phi) is 7.08. The molecule has 3 rings (SSSR count). The summed E-state index contributed by atoms with van der Waals surface area (Å²) in [5.74, 6) is -0.675. The molecule has 0 radical (unpaired) electrons. The van der Waals surface area contributed by atoms with Crippen LogP contribution in [0.2, 0.25) is 5.02 Å². The van der Waals surface area contributed by atoms with Gasteiger partial charge < -0.3 is 5.32 Å². The fourth-order valence-electron chi connectivity index (χ4n) is 2.22. The summed E-state index contributed by atoms with van der Waals surface area (Å²) in [6.07, 6.45) is 0. The number of anilines is 2. The zero-order valence-electron chi connectivity index (χ0n) is 15.7. The molecule has 0 bridgehead atoms. The van der Waals surface area contributed by atoms with E-state index < -0.39 is 5.91 Å². The summed E-state index contributed by atoms with van der Waals surface area (Å²) in [6, 6.07) is 12.4. The first-order valence-electron chi connectivity index (χ1n) is 8.56. The van der Waals surface area contributed by atoms with Crippen LogP contribution in [0, 0.1) is 13.8 Å². The largest absolute Gasteiger partial charge is 0.330 e. The van der Waals surface area contributed by atoms with E-state index in [-0.39, 0.29) is 11.7 Å². The lowest BCUT2D eigenvalue weighted by molar-refractivity contribution is -0.119. The molecule has 0 fully saturated rings. The highest BCUT2D eigenvalue weighted by Crippen LogP contribution is 2.28. The molecule has 3 aromatic rings. The molecule has 1 aromatic heterocycles. The molecule has 3 N–H and O–H groups in total. The number of amides is 2. The fourth-order valence-corrected chi connectivity index (χ4v) is 3.92. The molecule has 0 aliphatic heterocycles. The van der Waals surface area contributed by atoms with E-state index in [9.17, 15) is 9.59 Å². The molecule has 2 amide bonds. The first-order chi connectivity index (χ1) is 13.9. The molecule has 150 valence electrons. The SMILES string of the molecule is Cc1ccc(Nc2nnc(SCC(=O)NNC(=O)c3ccc(Cl)cc3)s2)cc1C. The lowest BCUT2D eigenvalue weighted by Crippen LogP contribution is -2.42. The number of halogens is 1. The van der Waals surface area contributed by atoms with Crippen molar-refractivity contribution in [1.29, 1.82) is 0 Å². The monoisotopic (exact) mass is 447 g/mol. The van der Waals surface area contributed by atoms with Crippen LogP contribution in [0.25, 0.3) is 0 Å². The number of thioether (sulfide) groups is 1. The van der Waals surface area contributed by atoms with Gasteiger partial charge in [-0.3, -0.25) is 20.4 Å². The highest BCUT2D eigenvalue weighted by atomic mass is 35.5. The van der Waals surface area contributed by atoms with Crippen molar-refractivity contribution in [3.8, 4) is 0 Å². The van der Waals surface area contributed by atoms with Crippen LogP contribution >= 0.6 is 34.7 Å². The van der Waals surface area contributed by atoms with E-state index in [0.29, 0.717) is 20.1 Å². The second-order valence-electron chi connectivity index (χ2n) is 6.10. The van der Waals surface area contributed by atoms with Crippen molar-refractivity contribution >= 4 is 57.3 Å². The van der Waals surface area contributed by atoms with Gasteiger partial charge in [0.2, 0.25) is 11.0 Å². The molecular weight excluding hydrogens is 430 g/mol. The van der Waals surface area contributed by atoms with E-state index in [0.717, 1.165) is 5.69 Å². The van der Waals surface area contributed by atoms with Crippen LogP contribution < -0.4 is 16.2 Å². The van der Waals surface area contributed by atoms with Crippen molar-refractivity contribution in [3.05, 3.63) is 64.2 Å². The summed E-state index contributed by atoms with van der Waals surface area (Å²) < 4.78 is 0.649. The van der Waals surface area contributed by atoms with Gasteiger partial charge in [-0.05, 0) is 61.4 Å². The van der Waals surface area contributed by atoms with Crippen LogP contribution in [-0.2, 0) is 4.79 Å². The highest BCUT2D eigenvalue weighted by molar-refractivity contribution is 8.01. The Balaban J connectivity index is 1.45. The van der Waals surface area contributed by atoms with E-state index in [1.165, 1.54) is 34.2 Å². The maximum absolute atomic E-state index is 12.0. The van der Waals surface area contributed by atoms with E-state index in [2.05, 4.69) is 33.3 Å². The summed E-state index contributed by atoms with van der Waals surface area (Å²) in [7, 11) is 0. The molecule has 0 atom stereocenters. The Hall–Kier alpha value is -2.62. The minimum Gasteiger partial charge on any atom is -0.330 e. The zero-order chi connectivity index (χ0) is 20.8. The van der Waals surface area contributed by atoms with Crippen LogP contribution in [-0.4, -0.2) is 27.8 Å². The molecule has 0 spiro atoms. The van der Waals surface area contributed by atoms with Gasteiger partial charge in [-0.2, -0.15) is 0 Å². The number of nitrogens with one attached hydrogen (secondary N) is 3. The van der Waals surface area contributed by atoms with Crippen LogP contribution in [0.15, 0.2) is 46.8 Å². The standard InChI is InChI=1S/C19H18ClN5O2S2/c1-11-3-8-15(9-12(11)2)21-18-24-25-19(29-18)28-10-16(26)22-23-17(27)13-4-6-14(20)7-5-13/h3-9H,10H2,1-2H3,(H,21,24)(H,22,26)(H,23,27). The molecule has 0 aliphatic rings. The van der Waals surface area contributed by atoms with Crippen LogP contribution in [0.4, 0.5) is 10.8 Å². The molecule has 0 unspecified atom stereocenters. The van der Waals surface area contributed by atoms with Crippen molar-refractivity contribution in [2.75, 3.05) is 11.1 Å². The smallest absolute Gasteiger partial charge is 0.269 e. The van der Waals surface area contributed by atoms with Crippen LogP contribution in [0.1, 0.15) is 21.5 Å². The first kappa shape index (κ1) is 21.1. The lowest BCUT2D eigenvalue weighted by Gasteiger charge is -2.06. The van der Waals surface area contributed by atoms with Crippen molar-refractivity contribution < 1.29 is 9.59 Å². The second-order valence-corrected chi connectivity index (χ2v) is 8.73. The average Bonchev–Trinajstić information content (AvgIpc) is 3.15. The molecule has 0 saturated carbocycles. The Morgan fingerprint density at radius 3 is 2.52 bits per heavy atom. The summed E-state index contributed by atoms with van der Waals surface area (Å²) in [6.45, 7) is 4.11. The van der Waals surface area contributed by atoms with E-state index in [1.807, 2.05) is 25.1 Å². The van der Waals surface area contributed by atoms with Gasteiger partial charge in [0.25, 0.3) is 5.91 Å². The number of rotatable bonds is 6. The van der Waals surface area contributed by atoms with Crippen molar-refractivity contribution in [2.45, 2.75) is 18.2 Å². The first-order valence-corrected chi connectivity index (χ1v) is 10.7. The summed E-state index contributed by atoms with van der Waals surface area (Å²) >= 11 is 8.38. The number of carbonyl (C=O) groups excluding carboxylic acids is 2. The van der Waals surface area contributed by atoms with E-state index in [4.69, 9.17) is 11.6 Å². The van der Waals surface area contributed by atoms with Gasteiger partial charge in [-0.15, -0.1) is 10.2 Å². The predicted octanol–water partition coefficient (Wildman–Crippen LogP) is 4.11. The number of hydrogen-bond acceptors (Lipinski definition) is 7. The van der Waals surface area contributed by atoms with Gasteiger partial charge >= 0.3 is 0 Å². The Morgan fingerprint density at radius 1 is 1.03 bits per heavy atom. The minimum atomic E-state index is -0.421. The molecule has 10 heteroatoms. The third-order valence-electron chi connectivity index (χ3n) is 3.91. The molecular formula is C19H18ClN5O2S2. The minimum absolute atomic E-state index is 0.0964. The number of hydrazine groups is 1. The molecule has 0 saturated heterocycles. The van der Waals surface area contributed by atoms with E-state index in [1.54, 1.807) is 24.3 Å². The topological polar surface area (TPSA) is 96.0 Å². The molecule has 2 aromatic carbocycles. The predicted molar refractivity (Wildman–Crippen MR) is 117 cm³/mol. The quantitative estimate of drug-likeness (QED) is 0.389. The Bertz CT molecular complexity index is 1020. The maximum atomic E-state index is 12.0. The molecule has 29 heavy (non-hydrogen) atoms. The summed E-state index contributed by atoms with van der Waals surface area (Å²) in [5, 5.41) is 12.5. The average molecular weight is 448 g/mol. The number of benzene rings is 2. The number of hydrogen-bond donors (Lipinski definition) is 3. The maximum Gasteiger partial charge on any atom is 0.269 e. The summed E-state index contributed by atoms with van der Waals surface area (Å²) in [4.78, 5) is 23.9. The van der Waals surface area contributed by atoms with Crippen molar-refractivity contribution in [3.63, 3.8) is 0 Å². The van der Waals surface area contributed by atoms with Gasteiger partial charge in [-0.1, -0.05) is 40.8 Å². The molecule has 1 heterocycles. The molecule has 7 nitrogen and oxygen atoms in total. The number of aromatic nitrogens is 2. The van der Waals surface area contributed by atoms with Gasteiger partial charge in [0.15, 0.2) is 4.34 Å². The molecule has 0 aliphatic carbocycles.